The van der Waals surface area contributed by atoms with Crippen molar-refractivity contribution in [3.63, 3.8) is 0 Å². The molecule has 0 aromatic heterocycles. The van der Waals surface area contributed by atoms with Gasteiger partial charge in [0, 0.05) is 6.10 Å². The average Bonchev–Trinajstić information content (AvgIpc) is 2.36. The molecule has 2 heteroatoms. The highest BCUT2D eigenvalue weighted by Gasteiger charge is 2.23. The van der Waals surface area contributed by atoms with Gasteiger partial charge in [-0.15, -0.1) is 0 Å². The van der Waals surface area contributed by atoms with E-state index in [9.17, 15) is 0 Å². The van der Waals surface area contributed by atoms with E-state index in [1.54, 1.807) is 0 Å². The van der Waals surface area contributed by atoms with Crippen molar-refractivity contribution in [2.75, 3.05) is 0 Å². The minimum Gasteiger partial charge on any atom is -0.414 e. The lowest BCUT2D eigenvalue weighted by atomic mass is 10.1. The maximum atomic E-state index is 6.32. The predicted octanol–water partition coefficient (Wildman–Crippen LogP) is 6.15. The quantitative estimate of drug-likeness (QED) is 0.306. The van der Waals surface area contributed by atoms with Crippen LogP contribution in [0.15, 0.2) is 0 Å². The molecule has 0 N–H and O–H groups in total. The maximum absolute atomic E-state index is 6.32. The summed E-state index contributed by atoms with van der Waals surface area (Å²) in [5.41, 5.74) is 0. The molecule has 0 aromatic carbocycles. The Labute approximate surface area is 117 Å². The van der Waals surface area contributed by atoms with Gasteiger partial charge in [0.2, 0.25) is 0 Å². The van der Waals surface area contributed by atoms with Crippen LogP contribution in [0.3, 0.4) is 0 Å². The highest BCUT2D eigenvalue weighted by molar-refractivity contribution is 6.71. The number of rotatable bonds is 12. The van der Waals surface area contributed by atoms with Gasteiger partial charge in [0.05, 0.1) is 0 Å². The molecular formula is C16H36OSi. The Bertz CT molecular complexity index is 180. The first-order valence-electron chi connectivity index (χ1n) is 8.23. The van der Waals surface area contributed by atoms with E-state index in [0.717, 1.165) is 0 Å². The lowest BCUT2D eigenvalue weighted by Crippen LogP contribution is -2.34. The van der Waals surface area contributed by atoms with Gasteiger partial charge in [-0.2, -0.15) is 0 Å². The fourth-order valence-electron chi connectivity index (χ4n) is 2.21. The summed E-state index contributed by atoms with van der Waals surface area (Å²) in [6, 6.07) is 1.24. The van der Waals surface area contributed by atoms with Crippen LogP contribution in [0, 0.1) is 0 Å². The minimum atomic E-state index is -1.35. The van der Waals surface area contributed by atoms with E-state index < -0.39 is 8.32 Å². The summed E-state index contributed by atoms with van der Waals surface area (Å²) < 4.78 is 6.32. The topological polar surface area (TPSA) is 9.23 Å². The summed E-state index contributed by atoms with van der Waals surface area (Å²) >= 11 is 0. The van der Waals surface area contributed by atoms with E-state index in [1.807, 2.05) is 0 Å². The van der Waals surface area contributed by atoms with Crippen LogP contribution in [0.25, 0.3) is 0 Å². The van der Waals surface area contributed by atoms with Crippen molar-refractivity contribution in [1.82, 2.24) is 0 Å². The Morgan fingerprint density at radius 3 is 1.89 bits per heavy atom. The minimum absolute atomic E-state index is 0.530. The second-order valence-corrected chi connectivity index (χ2v) is 10.6. The highest BCUT2D eigenvalue weighted by atomic mass is 28.4. The monoisotopic (exact) mass is 272 g/mol. The fraction of sp³-hybridized carbons (Fsp3) is 1.00. The van der Waals surface area contributed by atoms with Crippen LogP contribution in [-0.4, -0.2) is 14.4 Å². The van der Waals surface area contributed by atoms with Crippen LogP contribution in [0.4, 0.5) is 0 Å². The Kier molecular flexibility index (Phi) is 11.1. The lowest BCUT2D eigenvalue weighted by Gasteiger charge is -2.28. The van der Waals surface area contributed by atoms with Crippen LogP contribution in [0.5, 0.6) is 0 Å². The van der Waals surface area contributed by atoms with Gasteiger partial charge >= 0.3 is 0 Å². The third-order valence-electron chi connectivity index (χ3n) is 3.92. The van der Waals surface area contributed by atoms with Crippen LogP contribution < -0.4 is 0 Å². The van der Waals surface area contributed by atoms with Gasteiger partial charge in [-0.3, -0.25) is 0 Å². The van der Waals surface area contributed by atoms with E-state index in [4.69, 9.17) is 4.43 Å². The van der Waals surface area contributed by atoms with Crippen molar-refractivity contribution in [2.45, 2.75) is 104 Å². The van der Waals surface area contributed by atoms with Crippen LogP contribution >= 0.6 is 0 Å². The first-order chi connectivity index (χ1) is 8.55. The molecule has 1 atom stereocenters. The Morgan fingerprint density at radius 2 is 1.39 bits per heavy atom. The van der Waals surface area contributed by atoms with Crippen LogP contribution in [0.2, 0.25) is 19.1 Å². The number of hydrogen-bond acceptors (Lipinski definition) is 1. The first kappa shape index (κ1) is 18.2. The Morgan fingerprint density at radius 1 is 0.833 bits per heavy atom. The van der Waals surface area contributed by atoms with Crippen molar-refractivity contribution in [1.29, 1.82) is 0 Å². The smallest absolute Gasteiger partial charge is 0.186 e. The molecule has 0 saturated carbocycles. The Hall–Kier alpha value is 0.177. The molecule has 0 saturated heterocycles. The first-order valence-corrected chi connectivity index (χ1v) is 11.3. The molecule has 18 heavy (non-hydrogen) atoms. The molecule has 1 nitrogen and oxygen atoms in total. The maximum Gasteiger partial charge on any atom is 0.186 e. The zero-order valence-electron chi connectivity index (χ0n) is 13.6. The molecule has 0 aliphatic heterocycles. The van der Waals surface area contributed by atoms with Gasteiger partial charge in [-0.25, -0.2) is 0 Å². The number of hydrogen-bond donors (Lipinski definition) is 0. The van der Waals surface area contributed by atoms with E-state index in [1.165, 1.54) is 63.8 Å². The molecule has 0 aliphatic rings. The van der Waals surface area contributed by atoms with Crippen molar-refractivity contribution in [3.8, 4) is 0 Å². The van der Waals surface area contributed by atoms with Gasteiger partial charge in [-0.1, -0.05) is 65.7 Å². The van der Waals surface area contributed by atoms with Gasteiger partial charge in [-0.05, 0) is 32.0 Å². The molecule has 0 amide bonds. The third-order valence-corrected chi connectivity index (χ3v) is 6.60. The van der Waals surface area contributed by atoms with Crippen molar-refractivity contribution in [2.24, 2.45) is 0 Å². The Balaban J connectivity index is 3.56. The molecule has 1 unspecified atom stereocenters. The highest BCUT2D eigenvalue weighted by Crippen LogP contribution is 2.19. The zero-order valence-corrected chi connectivity index (χ0v) is 14.6. The summed E-state index contributed by atoms with van der Waals surface area (Å²) in [5, 5.41) is 0. The average molecular weight is 273 g/mol. The molecule has 0 aromatic rings. The van der Waals surface area contributed by atoms with Gasteiger partial charge in [0.1, 0.15) is 0 Å². The van der Waals surface area contributed by atoms with Crippen molar-refractivity contribution in [3.05, 3.63) is 0 Å². The fourth-order valence-corrected chi connectivity index (χ4v) is 3.56. The van der Waals surface area contributed by atoms with E-state index in [2.05, 4.69) is 33.9 Å². The van der Waals surface area contributed by atoms with Crippen molar-refractivity contribution >= 4 is 8.32 Å². The molecule has 0 spiro atoms. The van der Waals surface area contributed by atoms with Gasteiger partial charge < -0.3 is 4.43 Å². The van der Waals surface area contributed by atoms with Crippen molar-refractivity contribution < 1.29 is 4.43 Å². The molecule has 0 fully saturated rings. The summed E-state index contributed by atoms with van der Waals surface area (Å²) in [5.74, 6) is 0. The summed E-state index contributed by atoms with van der Waals surface area (Å²) in [6.07, 6.45) is 12.8. The molecule has 0 radical (unpaired) electrons. The largest absolute Gasteiger partial charge is 0.414 e. The molecule has 0 heterocycles. The van der Waals surface area contributed by atoms with Gasteiger partial charge in [0.25, 0.3) is 0 Å². The summed E-state index contributed by atoms with van der Waals surface area (Å²) in [4.78, 5) is 0. The van der Waals surface area contributed by atoms with E-state index in [0.29, 0.717) is 6.10 Å². The predicted molar refractivity (Wildman–Crippen MR) is 85.7 cm³/mol. The summed E-state index contributed by atoms with van der Waals surface area (Å²) in [7, 11) is -1.35. The second-order valence-electron chi connectivity index (χ2n) is 6.17. The zero-order chi connectivity index (χ0) is 13.9. The lowest BCUT2D eigenvalue weighted by molar-refractivity contribution is 0.173. The normalized spacial score (nSPS) is 13.8. The van der Waals surface area contributed by atoms with Gasteiger partial charge in [0.15, 0.2) is 8.32 Å². The SMILES string of the molecule is CCCCCCCCCC(CC)O[Si](C)(C)CC. The summed E-state index contributed by atoms with van der Waals surface area (Å²) in [6.45, 7) is 11.5. The standard InChI is InChI=1S/C16H36OSi/c1-6-9-10-11-12-13-14-15-16(7-2)17-18(4,5)8-3/h16H,6-15H2,1-5H3. The molecule has 0 rings (SSSR count). The van der Waals surface area contributed by atoms with E-state index >= 15 is 0 Å². The molecule has 0 aliphatic carbocycles. The molecular weight excluding hydrogens is 236 g/mol. The van der Waals surface area contributed by atoms with Crippen LogP contribution in [0.1, 0.15) is 78.6 Å². The second kappa shape index (κ2) is 11.0. The molecule has 110 valence electrons. The van der Waals surface area contributed by atoms with E-state index in [-0.39, 0.29) is 0 Å². The third kappa shape index (κ3) is 10.1. The molecule has 0 bridgehead atoms. The van der Waals surface area contributed by atoms with Crippen LogP contribution in [-0.2, 0) is 4.43 Å². The number of unbranched alkanes of at least 4 members (excludes halogenated alkanes) is 6.